The quantitative estimate of drug-likeness (QED) is 0.602. The zero-order chi connectivity index (χ0) is 18.2. The number of hydrogen-bond donors (Lipinski definition) is 1. The second-order valence-corrected chi connectivity index (χ2v) is 6.94. The molecule has 136 valence electrons. The van der Waals surface area contributed by atoms with Crippen LogP contribution in [-0.2, 0) is 19.5 Å². The van der Waals surface area contributed by atoms with Crippen molar-refractivity contribution < 1.29 is 0 Å². The highest BCUT2D eigenvalue weighted by atomic mass is 15.3. The van der Waals surface area contributed by atoms with E-state index in [-0.39, 0.29) is 0 Å². The number of nitrogens with one attached hydrogen (secondary N) is 1. The van der Waals surface area contributed by atoms with Gasteiger partial charge in [0.1, 0.15) is 24.5 Å². The number of aryl methyl sites for hydroxylation is 2. The Kier molecular flexibility index (Phi) is 3.81. The Morgan fingerprint density at radius 3 is 3.07 bits per heavy atom. The van der Waals surface area contributed by atoms with E-state index in [0.717, 1.165) is 47.0 Å². The van der Waals surface area contributed by atoms with Gasteiger partial charge in [-0.25, -0.2) is 9.97 Å². The van der Waals surface area contributed by atoms with Crippen molar-refractivity contribution in [1.29, 1.82) is 0 Å². The first-order valence-corrected chi connectivity index (χ1v) is 9.18. The van der Waals surface area contributed by atoms with Crippen LogP contribution in [0.15, 0.2) is 36.9 Å². The number of rotatable bonds is 4. The van der Waals surface area contributed by atoms with Crippen molar-refractivity contribution in [3.8, 4) is 0 Å². The predicted molar refractivity (Wildman–Crippen MR) is 102 cm³/mol. The lowest BCUT2D eigenvalue weighted by Crippen LogP contribution is -2.15. The van der Waals surface area contributed by atoms with Gasteiger partial charge in [-0.3, -0.25) is 4.68 Å². The molecule has 0 amide bonds. The standard InChI is InChI=1S/C19H20N8/c1-13-5-6-16-15(8-13)19(21-12-20-16)23-14-9-22-26(10-14)11-18-25-24-17-4-2-3-7-27(17)18/h5-6,8-10,12H,2-4,7,11H2,1H3,(H,20,21,23). The SMILES string of the molecule is Cc1ccc2ncnc(Nc3cnn(Cc4nnc5n4CCCC5)c3)c2c1. The third-order valence-corrected chi connectivity index (χ3v) is 4.93. The van der Waals surface area contributed by atoms with Crippen LogP contribution in [0.1, 0.15) is 30.1 Å². The second-order valence-electron chi connectivity index (χ2n) is 6.94. The average Bonchev–Trinajstić information content (AvgIpc) is 3.30. The molecule has 1 N–H and O–H groups in total. The molecule has 4 heterocycles. The van der Waals surface area contributed by atoms with Gasteiger partial charge in [0.05, 0.1) is 17.4 Å². The summed E-state index contributed by atoms with van der Waals surface area (Å²) in [6.45, 7) is 3.67. The number of hydrogen-bond acceptors (Lipinski definition) is 6. The Morgan fingerprint density at radius 2 is 2.11 bits per heavy atom. The minimum atomic E-state index is 0.609. The summed E-state index contributed by atoms with van der Waals surface area (Å²) in [4.78, 5) is 8.73. The smallest absolute Gasteiger partial charge is 0.154 e. The number of fused-ring (bicyclic) bond motifs is 2. The molecule has 3 aromatic heterocycles. The maximum atomic E-state index is 4.46. The summed E-state index contributed by atoms with van der Waals surface area (Å²) in [5.74, 6) is 2.83. The molecule has 27 heavy (non-hydrogen) atoms. The molecular weight excluding hydrogens is 340 g/mol. The van der Waals surface area contributed by atoms with E-state index in [0.29, 0.717) is 6.54 Å². The topological polar surface area (TPSA) is 86.3 Å². The molecule has 0 atom stereocenters. The molecule has 5 rings (SSSR count). The Labute approximate surface area is 156 Å². The highest BCUT2D eigenvalue weighted by molar-refractivity contribution is 5.90. The van der Waals surface area contributed by atoms with E-state index in [1.807, 2.05) is 16.9 Å². The molecule has 1 aliphatic rings. The monoisotopic (exact) mass is 360 g/mol. The van der Waals surface area contributed by atoms with Gasteiger partial charge in [-0.2, -0.15) is 5.10 Å². The minimum Gasteiger partial charge on any atom is -0.337 e. The van der Waals surface area contributed by atoms with Gasteiger partial charge in [0.25, 0.3) is 0 Å². The summed E-state index contributed by atoms with van der Waals surface area (Å²) >= 11 is 0. The van der Waals surface area contributed by atoms with Crippen molar-refractivity contribution in [2.24, 2.45) is 0 Å². The predicted octanol–water partition coefficient (Wildman–Crippen LogP) is 2.85. The van der Waals surface area contributed by atoms with E-state index >= 15 is 0 Å². The summed E-state index contributed by atoms with van der Waals surface area (Å²) < 4.78 is 4.10. The fraction of sp³-hybridized carbons (Fsp3) is 0.316. The summed E-state index contributed by atoms with van der Waals surface area (Å²) in [6.07, 6.45) is 8.74. The van der Waals surface area contributed by atoms with Crippen LogP contribution in [-0.4, -0.2) is 34.5 Å². The third kappa shape index (κ3) is 3.03. The Balaban J connectivity index is 1.39. The van der Waals surface area contributed by atoms with Crippen LogP contribution in [0.2, 0.25) is 0 Å². The van der Waals surface area contributed by atoms with Crippen LogP contribution in [0.5, 0.6) is 0 Å². The summed E-state index contributed by atoms with van der Waals surface area (Å²) in [5.41, 5.74) is 2.98. The number of benzene rings is 1. The molecule has 0 saturated heterocycles. The highest BCUT2D eigenvalue weighted by Crippen LogP contribution is 2.24. The van der Waals surface area contributed by atoms with Gasteiger partial charge in [-0.15, -0.1) is 10.2 Å². The van der Waals surface area contributed by atoms with Crippen molar-refractivity contribution in [3.63, 3.8) is 0 Å². The highest BCUT2D eigenvalue weighted by Gasteiger charge is 2.16. The largest absolute Gasteiger partial charge is 0.337 e. The zero-order valence-corrected chi connectivity index (χ0v) is 15.1. The lowest BCUT2D eigenvalue weighted by molar-refractivity contribution is 0.496. The molecular formula is C19H20N8. The fourth-order valence-electron chi connectivity index (χ4n) is 3.55. The van der Waals surface area contributed by atoms with Crippen LogP contribution in [0.25, 0.3) is 10.9 Å². The number of aromatic nitrogens is 7. The molecule has 0 aliphatic carbocycles. The van der Waals surface area contributed by atoms with Gasteiger partial charge in [-0.1, -0.05) is 11.6 Å². The first-order chi connectivity index (χ1) is 13.3. The fourth-order valence-corrected chi connectivity index (χ4v) is 3.55. The molecule has 8 heteroatoms. The molecule has 0 unspecified atom stereocenters. The normalized spacial score (nSPS) is 13.7. The molecule has 1 aliphatic heterocycles. The summed E-state index contributed by atoms with van der Waals surface area (Å²) in [6, 6.07) is 6.15. The van der Waals surface area contributed by atoms with E-state index in [4.69, 9.17) is 0 Å². The molecule has 8 nitrogen and oxygen atoms in total. The zero-order valence-electron chi connectivity index (χ0n) is 15.1. The molecule has 0 saturated carbocycles. The maximum absolute atomic E-state index is 4.46. The first kappa shape index (κ1) is 15.9. The summed E-state index contributed by atoms with van der Waals surface area (Å²) in [7, 11) is 0. The molecule has 0 radical (unpaired) electrons. The van der Waals surface area contributed by atoms with Crippen LogP contribution in [0, 0.1) is 6.92 Å². The summed E-state index contributed by atoms with van der Waals surface area (Å²) in [5, 5.41) is 17.5. The van der Waals surface area contributed by atoms with E-state index in [9.17, 15) is 0 Å². The van der Waals surface area contributed by atoms with E-state index in [1.165, 1.54) is 18.4 Å². The van der Waals surface area contributed by atoms with Gasteiger partial charge >= 0.3 is 0 Å². The van der Waals surface area contributed by atoms with Crippen LogP contribution < -0.4 is 5.32 Å². The lowest BCUT2D eigenvalue weighted by Gasteiger charge is -2.14. The van der Waals surface area contributed by atoms with Gasteiger partial charge in [-0.05, 0) is 31.9 Å². The van der Waals surface area contributed by atoms with Gasteiger partial charge < -0.3 is 9.88 Å². The lowest BCUT2D eigenvalue weighted by atomic mass is 10.1. The van der Waals surface area contributed by atoms with Crippen molar-refractivity contribution in [3.05, 3.63) is 54.1 Å². The Bertz CT molecular complexity index is 1110. The van der Waals surface area contributed by atoms with Gasteiger partial charge in [0.2, 0.25) is 0 Å². The van der Waals surface area contributed by atoms with E-state index in [2.05, 4.69) is 54.2 Å². The van der Waals surface area contributed by atoms with E-state index < -0.39 is 0 Å². The van der Waals surface area contributed by atoms with Crippen LogP contribution in [0.4, 0.5) is 11.5 Å². The number of anilines is 2. The first-order valence-electron chi connectivity index (χ1n) is 9.18. The van der Waals surface area contributed by atoms with Crippen molar-refractivity contribution >= 4 is 22.4 Å². The molecule has 0 spiro atoms. The van der Waals surface area contributed by atoms with E-state index in [1.54, 1.807) is 12.5 Å². The number of nitrogens with zero attached hydrogens (tertiary/aromatic N) is 7. The molecule has 4 aromatic rings. The third-order valence-electron chi connectivity index (χ3n) is 4.93. The van der Waals surface area contributed by atoms with Gasteiger partial charge in [0.15, 0.2) is 5.82 Å². The minimum absolute atomic E-state index is 0.609. The van der Waals surface area contributed by atoms with Crippen LogP contribution >= 0.6 is 0 Å². The van der Waals surface area contributed by atoms with Crippen molar-refractivity contribution in [2.45, 2.75) is 39.3 Å². The maximum Gasteiger partial charge on any atom is 0.154 e. The molecule has 1 aromatic carbocycles. The van der Waals surface area contributed by atoms with Crippen LogP contribution in [0.3, 0.4) is 0 Å². The Hall–Kier alpha value is -3.29. The second kappa shape index (κ2) is 6.46. The molecule has 0 bridgehead atoms. The van der Waals surface area contributed by atoms with Gasteiger partial charge in [0, 0.05) is 24.5 Å². The average molecular weight is 360 g/mol. The van der Waals surface area contributed by atoms with Crippen molar-refractivity contribution in [2.75, 3.05) is 5.32 Å². The van der Waals surface area contributed by atoms with Crippen molar-refractivity contribution in [1.82, 2.24) is 34.5 Å². The molecule has 0 fully saturated rings. The Morgan fingerprint density at radius 1 is 1.15 bits per heavy atom.